The predicted molar refractivity (Wildman–Crippen MR) is 74.2 cm³/mol. The topological polar surface area (TPSA) is 73.6 Å². The summed E-state index contributed by atoms with van der Waals surface area (Å²) < 4.78 is 10.5. The van der Waals surface area contributed by atoms with E-state index in [1.165, 1.54) is 0 Å². The van der Waals surface area contributed by atoms with Crippen LogP contribution in [0.15, 0.2) is 18.2 Å². The van der Waals surface area contributed by atoms with Crippen LogP contribution < -0.4 is 20.5 Å². The number of nitrogens with two attached hydrogens (primary N) is 1. The van der Waals surface area contributed by atoms with Gasteiger partial charge in [-0.3, -0.25) is 4.79 Å². The van der Waals surface area contributed by atoms with E-state index < -0.39 is 5.91 Å². The maximum absolute atomic E-state index is 10.7. The second-order valence-electron chi connectivity index (χ2n) is 4.76. The van der Waals surface area contributed by atoms with Crippen LogP contribution in [0.2, 0.25) is 0 Å². The highest BCUT2D eigenvalue weighted by molar-refractivity contribution is 5.75. The maximum Gasteiger partial charge on any atom is 0.255 e. The van der Waals surface area contributed by atoms with Crippen molar-refractivity contribution >= 4 is 5.91 Å². The number of rotatable bonds is 8. The molecule has 3 N–H and O–H groups in total. The maximum atomic E-state index is 10.7. The van der Waals surface area contributed by atoms with Gasteiger partial charge >= 0.3 is 0 Å². The first kappa shape index (κ1) is 15.3. The minimum Gasteiger partial charge on any atom is -0.493 e. The second kappa shape index (κ2) is 7.63. The monoisotopic (exact) mass is 266 g/mol. The van der Waals surface area contributed by atoms with Gasteiger partial charge < -0.3 is 20.5 Å². The summed E-state index contributed by atoms with van der Waals surface area (Å²) in [4.78, 5) is 10.7. The Bertz CT molecular complexity index is 419. The fourth-order valence-electron chi connectivity index (χ4n) is 1.60. The molecule has 5 heteroatoms. The third kappa shape index (κ3) is 5.61. The van der Waals surface area contributed by atoms with Gasteiger partial charge in [-0.25, -0.2) is 0 Å². The average Bonchev–Trinajstić information content (AvgIpc) is 2.36. The largest absolute Gasteiger partial charge is 0.493 e. The lowest BCUT2D eigenvalue weighted by atomic mass is 10.2. The van der Waals surface area contributed by atoms with Crippen molar-refractivity contribution in [3.63, 3.8) is 0 Å². The number of carbonyl (C=O) groups excluding carboxylic acids is 1. The highest BCUT2D eigenvalue weighted by atomic mass is 16.5. The first-order chi connectivity index (χ1) is 9.02. The van der Waals surface area contributed by atoms with Gasteiger partial charge in [-0.2, -0.15) is 0 Å². The number of primary amides is 1. The molecule has 0 aliphatic rings. The van der Waals surface area contributed by atoms with Crippen molar-refractivity contribution in [3.8, 4) is 11.5 Å². The molecule has 0 aromatic heterocycles. The molecule has 0 radical (unpaired) electrons. The summed E-state index contributed by atoms with van der Waals surface area (Å²) in [6, 6.07) is 5.64. The van der Waals surface area contributed by atoms with Crippen LogP contribution in [0.5, 0.6) is 11.5 Å². The Morgan fingerprint density at radius 2 is 2.11 bits per heavy atom. The molecule has 1 rings (SSSR count). The van der Waals surface area contributed by atoms with Gasteiger partial charge in [0.25, 0.3) is 5.91 Å². The summed E-state index contributed by atoms with van der Waals surface area (Å²) >= 11 is 0. The Balaban J connectivity index is 2.68. The number of hydrogen-bond acceptors (Lipinski definition) is 4. The van der Waals surface area contributed by atoms with E-state index in [-0.39, 0.29) is 6.61 Å². The quantitative estimate of drug-likeness (QED) is 0.744. The molecule has 0 aliphatic carbocycles. The molecule has 0 bridgehead atoms. The summed E-state index contributed by atoms with van der Waals surface area (Å²) in [5.74, 6) is 1.22. The van der Waals surface area contributed by atoms with Crippen molar-refractivity contribution in [2.24, 2.45) is 11.7 Å². The summed E-state index contributed by atoms with van der Waals surface area (Å²) in [5.41, 5.74) is 6.14. The number of benzene rings is 1. The molecule has 0 saturated heterocycles. The van der Waals surface area contributed by atoms with Crippen LogP contribution in [0, 0.1) is 5.92 Å². The molecular weight excluding hydrogens is 244 g/mol. The molecule has 0 aliphatic heterocycles. The van der Waals surface area contributed by atoms with Gasteiger partial charge in [0.05, 0.1) is 7.11 Å². The van der Waals surface area contributed by atoms with Crippen LogP contribution >= 0.6 is 0 Å². The fraction of sp³-hybridized carbons (Fsp3) is 0.500. The smallest absolute Gasteiger partial charge is 0.255 e. The average molecular weight is 266 g/mol. The second-order valence-corrected chi connectivity index (χ2v) is 4.76. The van der Waals surface area contributed by atoms with E-state index in [4.69, 9.17) is 15.2 Å². The van der Waals surface area contributed by atoms with E-state index in [1.54, 1.807) is 7.11 Å². The van der Waals surface area contributed by atoms with Crippen molar-refractivity contribution in [1.29, 1.82) is 0 Å². The van der Waals surface area contributed by atoms with Gasteiger partial charge in [-0.1, -0.05) is 19.9 Å². The summed E-state index contributed by atoms with van der Waals surface area (Å²) in [6.45, 7) is 5.85. The third-order valence-electron chi connectivity index (χ3n) is 2.48. The molecule has 0 unspecified atom stereocenters. The standard InChI is InChI=1S/C14H22N2O3/c1-10(2)7-16-8-11-4-5-12(18-3)13(6-11)19-9-14(15)17/h4-6,10,16H,7-9H2,1-3H3,(H2,15,17). The van der Waals surface area contributed by atoms with E-state index in [2.05, 4.69) is 19.2 Å². The third-order valence-corrected chi connectivity index (χ3v) is 2.48. The van der Waals surface area contributed by atoms with E-state index in [0.29, 0.717) is 17.4 Å². The first-order valence-corrected chi connectivity index (χ1v) is 6.31. The predicted octanol–water partition coefficient (Wildman–Crippen LogP) is 1.30. The molecule has 106 valence electrons. The van der Waals surface area contributed by atoms with Crippen LogP contribution in [0.3, 0.4) is 0 Å². The van der Waals surface area contributed by atoms with E-state index in [0.717, 1.165) is 18.7 Å². The van der Waals surface area contributed by atoms with Crippen molar-refractivity contribution in [2.45, 2.75) is 20.4 Å². The van der Waals surface area contributed by atoms with Crippen LogP contribution in [-0.2, 0) is 11.3 Å². The molecule has 1 aromatic carbocycles. The zero-order valence-electron chi connectivity index (χ0n) is 11.7. The summed E-state index contributed by atoms with van der Waals surface area (Å²) in [6.07, 6.45) is 0. The van der Waals surface area contributed by atoms with Crippen LogP contribution in [0.1, 0.15) is 19.4 Å². The van der Waals surface area contributed by atoms with Gasteiger partial charge in [-0.05, 0) is 30.2 Å². The van der Waals surface area contributed by atoms with E-state index >= 15 is 0 Å². The molecule has 0 spiro atoms. The summed E-state index contributed by atoms with van der Waals surface area (Å²) in [7, 11) is 1.56. The Morgan fingerprint density at radius 3 is 2.68 bits per heavy atom. The van der Waals surface area contributed by atoms with Gasteiger partial charge in [0, 0.05) is 6.54 Å². The Labute approximate surface area is 114 Å². The number of methoxy groups -OCH3 is 1. The highest BCUT2D eigenvalue weighted by Gasteiger charge is 2.07. The molecule has 0 atom stereocenters. The molecule has 1 aromatic rings. The first-order valence-electron chi connectivity index (χ1n) is 6.31. The number of hydrogen-bond donors (Lipinski definition) is 2. The van der Waals surface area contributed by atoms with Crippen molar-refractivity contribution < 1.29 is 14.3 Å². The number of ether oxygens (including phenoxy) is 2. The Hall–Kier alpha value is -1.75. The minimum absolute atomic E-state index is 0.154. The van der Waals surface area contributed by atoms with Gasteiger partial charge in [0.1, 0.15) is 0 Å². The lowest BCUT2D eigenvalue weighted by molar-refractivity contribution is -0.119. The van der Waals surface area contributed by atoms with Crippen molar-refractivity contribution in [2.75, 3.05) is 20.3 Å². The molecule has 0 fully saturated rings. The lowest BCUT2D eigenvalue weighted by Crippen LogP contribution is -2.21. The zero-order valence-corrected chi connectivity index (χ0v) is 11.7. The molecule has 5 nitrogen and oxygen atoms in total. The number of carbonyl (C=O) groups is 1. The van der Waals surface area contributed by atoms with Gasteiger partial charge in [0.15, 0.2) is 18.1 Å². The highest BCUT2D eigenvalue weighted by Crippen LogP contribution is 2.27. The summed E-state index contributed by atoms with van der Waals surface area (Å²) in [5, 5.41) is 3.34. The number of amides is 1. The number of nitrogens with one attached hydrogen (secondary N) is 1. The lowest BCUT2D eigenvalue weighted by Gasteiger charge is -2.12. The van der Waals surface area contributed by atoms with Crippen molar-refractivity contribution in [1.82, 2.24) is 5.32 Å². The molecule has 1 amide bonds. The molecular formula is C14H22N2O3. The van der Waals surface area contributed by atoms with Crippen LogP contribution in [-0.4, -0.2) is 26.2 Å². The molecule has 0 saturated carbocycles. The SMILES string of the molecule is COc1ccc(CNCC(C)C)cc1OCC(N)=O. The zero-order chi connectivity index (χ0) is 14.3. The van der Waals surface area contributed by atoms with E-state index in [9.17, 15) is 4.79 Å². The van der Waals surface area contributed by atoms with E-state index in [1.807, 2.05) is 18.2 Å². The fourth-order valence-corrected chi connectivity index (χ4v) is 1.60. The Kier molecular flexibility index (Phi) is 6.15. The Morgan fingerprint density at radius 1 is 1.37 bits per heavy atom. The van der Waals surface area contributed by atoms with Gasteiger partial charge in [-0.15, -0.1) is 0 Å². The van der Waals surface area contributed by atoms with Crippen LogP contribution in [0.25, 0.3) is 0 Å². The van der Waals surface area contributed by atoms with Crippen LogP contribution in [0.4, 0.5) is 0 Å². The van der Waals surface area contributed by atoms with Gasteiger partial charge in [0.2, 0.25) is 0 Å². The minimum atomic E-state index is -0.509. The van der Waals surface area contributed by atoms with Crippen molar-refractivity contribution in [3.05, 3.63) is 23.8 Å². The normalized spacial score (nSPS) is 10.5. The molecule has 0 heterocycles. The molecule has 19 heavy (non-hydrogen) atoms.